The predicted octanol–water partition coefficient (Wildman–Crippen LogP) is 7.30. The Bertz CT molecular complexity index is 1450. The van der Waals surface area contributed by atoms with Crippen LogP contribution in [0.3, 0.4) is 0 Å². The molecule has 0 radical (unpaired) electrons. The second kappa shape index (κ2) is 12.2. The van der Waals surface area contributed by atoms with Gasteiger partial charge < -0.3 is 24.5 Å². The van der Waals surface area contributed by atoms with Gasteiger partial charge in [0.05, 0.1) is 18.6 Å². The topological polar surface area (TPSA) is 92.8 Å². The fraction of sp³-hybridized carbons (Fsp3) is 0.412. The number of hydrogen-bond acceptors (Lipinski definition) is 5. The summed E-state index contributed by atoms with van der Waals surface area (Å²) >= 11 is 0. The summed E-state index contributed by atoms with van der Waals surface area (Å²) in [5, 5.41) is 0. The molecule has 1 amide bonds. The number of ether oxygens (including phenoxy) is 3. The van der Waals surface area contributed by atoms with Gasteiger partial charge in [-0.05, 0) is 77.8 Å². The SMILES string of the molecule is CC(C)n1c(/C=C/[C@H]2C[C@H](CC(=O)OC(C)(C)C)OC(C)(C)O2)c(-c2ccc(F)cc2)c(-c2ccccc2)c1C(N)=O. The minimum Gasteiger partial charge on any atom is -0.460 e. The van der Waals surface area contributed by atoms with Crippen LogP contribution in [0.1, 0.15) is 83.5 Å². The number of carbonyl (C=O) groups excluding carboxylic acids is 2. The summed E-state index contributed by atoms with van der Waals surface area (Å²) in [6, 6.07) is 15.7. The van der Waals surface area contributed by atoms with Crippen LogP contribution in [0.15, 0.2) is 60.7 Å². The van der Waals surface area contributed by atoms with Crippen LogP contribution in [0.4, 0.5) is 4.39 Å². The van der Waals surface area contributed by atoms with Crippen LogP contribution in [0.2, 0.25) is 0 Å². The maximum Gasteiger partial charge on any atom is 0.308 e. The highest BCUT2D eigenvalue weighted by atomic mass is 19.1. The summed E-state index contributed by atoms with van der Waals surface area (Å²) in [6.07, 6.45) is 3.58. The van der Waals surface area contributed by atoms with Crippen molar-refractivity contribution < 1.29 is 28.2 Å². The van der Waals surface area contributed by atoms with Gasteiger partial charge in [0.1, 0.15) is 17.1 Å². The molecule has 4 rings (SSSR count). The van der Waals surface area contributed by atoms with E-state index in [4.69, 9.17) is 19.9 Å². The van der Waals surface area contributed by atoms with Gasteiger partial charge in [0.2, 0.25) is 0 Å². The van der Waals surface area contributed by atoms with Crippen LogP contribution in [0.5, 0.6) is 0 Å². The molecule has 3 aromatic rings. The first-order valence-corrected chi connectivity index (χ1v) is 14.3. The van der Waals surface area contributed by atoms with Crippen LogP contribution >= 0.6 is 0 Å². The molecule has 2 heterocycles. The lowest BCUT2D eigenvalue weighted by Gasteiger charge is -2.39. The predicted molar refractivity (Wildman–Crippen MR) is 162 cm³/mol. The van der Waals surface area contributed by atoms with Gasteiger partial charge in [0, 0.05) is 29.3 Å². The van der Waals surface area contributed by atoms with Gasteiger partial charge in [-0.3, -0.25) is 9.59 Å². The average Bonchev–Trinajstić information content (AvgIpc) is 3.22. The quantitative estimate of drug-likeness (QED) is 0.284. The van der Waals surface area contributed by atoms with Crippen molar-refractivity contribution in [1.29, 1.82) is 0 Å². The van der Waals surface area contributed by atoms with E-state index in [1.54, 1.807) is 12.1 Å². The molecule has 224 valence electrons. The van der Waals surface area contributed by atoms with E-state index in [1.165, 1.54) is 12.1 Å². The van der Waals surface area contributed by atoms with Crippen molar-refractivity contribution in [2.45, 2.75) is 90.9 Å². The Hall–Kier alpha value is -3.75. The zero-order valence-electron chi connectivity index (χ0n) is 25.4. The molecule has 2 atom stereocenters. The number of benzene rings is 2. The van der Waals surface area contributed by atoms with Crippen molar-refractivity contribution in [3.8, 4) is 22.3 Å². The molecule has 8 heteroatoms. The standard InChI is InChI=1S/C34H41FN2O5/c1-21(2)37-27(18-17-25-19-26(41-34(6,7)40-25)20-28(38)42-33(3,4)5)29(23-13-15-24(35)16-14-23)30(31(37)32(36)39)22-11-9-8-10-12-22/h8-18,21,25-26H,19-20H2,1-7H3,(H2,36,39)/b18-17+/t25-,26+/m0/s1. The number of carbonyl (C=O) groups is 2. The molecule has 1 aliphatic rings. The van der Waals surface area contributed by atoms with Crippen molar-refractivity contribution >= 4 is 18.0 Å². The molecule has 1 aliphatic heterocycles. The van der Waals surface area contributed by atoms with E-state index in [2.05, 4.69) is 0 Å². The molecule has 0 unspecified atom stereocenters. The first-order valence-electron chi connectivity index (χ1n) is 14.3. The number of amides is 1. The maximum atomic E-state index is 14.0. The van der Waals surface area contributed by atoms with Gasteiger partial charge in [-0.2, -0.15) is 0 Å². The summed E-state index contributed by atoms with van der Waals surface area (Å²) in [5.74, 6) is -2.19. The molecule has 0 spiro atoms. The lowest BCUT2D eigenvalue weighted by Crippen LogP contribution is -2.45. The number of primary amides is 1. The molecular formula is C34H41FN2O5. The Balaban J connectivity index is 1.83. The third kappa shape index (κ3) is 7.36. The van der Waals surface area contributed by atoms with Gasteiger partial charge in [0.15, 0.2) is 5.79 Å². The second-order valence-electron chi connectivity index (χ2n) is 12.4. The number of nitrogens with zero attached hydrogens (tertiary/aromatic N) is 1. The maximum absolute atomic E-state index is 14.0. The van der Waals surface area contributed by atoms with Crippen molar-refractivity contribution in [1.82, 2.24) is 4.57 Å². The average molecular weight is 577 g/mol. The van der Waals surface area contributed by atoms with Gasteiger partial charge in [-0.1, -0.05) is 48.5 Å². The molecule has 0 saturated carbocycles. The smallest absolute Gasteiger partial charge is 0.308 e. The summed E-state index contributed by atoms with van der Waals surface area (Å²) in [4.78, 5) is 25.6. The molecule has 2 aromatic carbocycles. The van der Waals surface area contributed by atoms with Crippen LogP contribution in [0, 0.1) is 5.82 Å². The van der Waals surface area contributed by atoms with E-state index in [0.29, 0.717) is 17.7 Å². The Morgan fingerprint density at radius 1 is 1.05 bits per heavy atom. The third-order valence-electron chi connectivity index (χ3n) is 6.85. The fourth-order valence-corrected chi connectivity index (χ4v) is 5.50. The van der Waals surface area contributed by atoms with Crippen molar-refractivity contribution in [3.63, 3.8) is 0 Å². The minimum atomic E-state index is -0.937. The first-order chi connectivity index (χ1) is 19.6. The highest BCUT2D eigenvalue weighted by Crippen LogP contribution is 2.42. The van der Waals surface area contributed by atoms with E-state index in [0.717, 1.165) is 22.4 Å². The van der Waals surface area contributed by atoms with Crippen LogP contribution in [-0.4, -0.2) is 40.0 Å². The highest BCUT2D eigenvalue weighted by Gasteiger charge is 2.36. The first kappa shape index (κ1) is 31.2. The molecule has 1 aromatic heterocycles. The molecule has 7 nitrogen and oxygen atoms in total. The Morgan fingerprint density at radius 2 is 1.67 bits per heavy atom. The number of halogens is 1. The molecule has 0 bridgehead atoms. The number of esters is 1. The highest BCUT2D eigenvalue weighted by molar-refractivity contribution is 6.05. The molecule has 42 heavy (non-hydrogen) atoms. The zero-order valence-corrected chi connectivity index (χ0v) is 25.4. The van der Waals surface area contributed by atoms with E-state index < -0.39 is 29.5 Å². The molecule has 1 saturated heterocycles. The van der Waals surface area contributed by atoms with E-state index in [9.17, 15) is 14.0 Å². The molecular weight excluding hydrogens is 535 g/mol. The molecule has 1 fully saturated rings. The minimum absolute atomic E-state index is 0.0988. The number of nitrogens with two attached hydrogens (primary N) is 1. The van der Waals surface area contributed by atoms with Crippen molar-refractivity contribution in [2.24, 2.45) is 5.73 Å². The summed E-state index contributed by atoms with van der Waals surface area (Å²) < 4.78 is 33.7. The summed E-state index contributed by atoms with van der Waals surface area (Å²) in [7, 11) is 0. The number of hydrogen-bond donors (Lipinski definition) is 1. The zero-order chi connectivity index (χ0) is 30.8. The van der Waals surface area contributed by atoms with Gasteiger partial charge >= 0.3 is 5.97 Å². The van der Waals surface area contributed by atoms with Gasteiger partial charge in [-0.25, -0.2) is 4.39 Å². The molecule has 0 aliphatic carbocycles. The Labute approximate surface area is 247 Å². The van der Waals surface area contributed by atoms with E-state index in [-0.39, 0.29) is 24.2 Å². The second-order valence-corrected chi connectivity index (χ2v) is 12.4. The van der Waals surface area contributed by atoms with Gasteiger partial charge in [0.25, 0.3) is 5.91 Å². The van der Waals surface area contributed by atoms with E-state index in [1.807, 2.05) is 95.5 Å². The largest absolute Gasteiger partial charge is 0.460 e. The fourth-order valence-electron chi connectivity index (χ4n) is 5.50. The number of aromatic nitrogens is 1. The van der Waals surface area contributed by atoms with Crippen LogP contribution < -0.4 is 5.73 Å². The lowest BCUT2D eigenvalue weighted by molar-refractivity contribution is -0.290. The Kier molecular flexibility index (Phi) is 9.09. The third-order valence-corrected chi connectivity index (χ3v) is 6.85. The summed E-state index contributed by atoms with van der Waals surface area (Å²) in [6.45, 7) is 13.1. The lowest BCUT2D eigenvalue weighted by atomic mass is 9.94. The van der Waals surface area contributed by atoms with Crippen LogP contribution in [0.25, 0.3) is 28.3 Å². The van der Waals surface area contributed by atoms with Crippen molar-refractivity contribution in [2.75, 3.05) is 0 Å². The number of rotatable bonds is 8. The summed E-state index contributed by atoms with van der Waals surface area (Å²) in [5.41, 5.74) is 9.54. The normalized spacial score (nSPS) is 18.9. The molecule has 2 N–H and O–H groups in total. The Morgan fingerprint density at radius 3 is 2.24 bits per heavy atom. The van der Waals surface area contributed by atoms with Crippen LogP contribution in [-0.2, 0) is 19.0 Å². The van der Waals surface area contributed by atoms with E-state index >= 15 is 0 Å². The monoisotopic (exact) mass is 576 g/mol. The van der Waals surface area contributed by atoms with Gasteiger partial charge in [-0.15, -0.1) is 0 Å². The van der Waals surface area contributed by atoms with Crippen molar-refractivity contribution in [3.05, 3.63) is 77.9 Å².